The van der Waals surface area contributed by atoms with Crippen molar-refractivity contribution < 1.29 is 19.0 Å². The number of likely N-dealkylation sites (tertiary alicyclic amines) is 1. The largest absolute Gasteiger partial charge is 0.444 e. The van der Waals surface area contributed by atoms with Gasteiger partial charge in [0.2, 0.25) is 0 Å². The van der Waals surface area contributed by atoms with Gasteiger partial charge >= 0.3 is 6.09 Å². The maximum atomic E-state index is 12.6. The fraction of sp³-hybridized carbons (Fsp3) is 0.650. The summed E-state index contributed by atoms with van der Waals surface area (Å²) in [6, 6.07) is 6.53. The summed E-state index contributed by atoms with van der Waals surface area (Å²) >= 11 is 0. The van der Waals surface area contributed by atoms with Gasteiger partial charge in [-0.1, -0.05) is 12.1 Å². The third-order valence-corrected chi connectivity index (χ3v) is 4.34. The molecule has 6 nitrogen and oxygen atoms in total. The van der Waals surface area contributed by atoms with E-state index in [1.54, 1.807) is 17.0 Å². The molecular weight excluding hydrogens is 349 g/mol. The molecule has 0 radical (unpaired) electrons. The third-order valence-electron chi connectivity index (χ3n) is 4.34. The van der Waals surface area contributed by atoms with Crippen LogP contribution in [0.2, 0.25) is 0 Å². The Morgan fingerprint density at radius 1 is 1.22 bits per heavy atom. The first-order valence-corrected chi connectivity index (χ1v) is 9.56. The third kappa shape index (κ3) is 8.24. The zero-order chi connectivity index (χ0) is 19.9. The Morgan fingerprint density at radius 3 is 2.37 bits per heavy atom. The van der Waals surface area contributed by atoms with E-state index in [4.69, 9.17) is 4.74 Å². The number of hydrogen-bond acceptors (Lipinski definition) is 5. The number of rotatable bonds is 2. The Hall–Kier alpha value is -1.70. The quantitative estimate of drug-likeness (QED) is 0.822. The van der Waals surface area contributed by atoms with Crippen molar-refractivity contribution in [1.82, 2.24) is 15.1 Å². The molecule has 0 spiro atoms. The molecule has 1 aromatic carbocycles. The Bertz CT molecular complexity index is 583. The molecule has 2 N–H and O–H groups in total. The van der Waals surface area contributed by atoms with Crippen LogP contribution in [-0.2, 0) is 11.3 Å². The number of nitrogens with one attached hydrogen (secondary N) is 1. The van der Waals surface area contributed by atoms with E-state index in [1.807, 2.05) is 20.8 Å². The Kier molecular flexibility index (Phi) is 8.01. The maximum Gasteiger partial charge on any atom is 0.410 e. The van der Waals surface area contributed by atoms with Gasteiger partial charge < -0.3 is 20.1 Å². The second-order valence-corrected chi connectivity index (χ2v) is 8.02. The minimum atomic E-state index is -0.387. The second-order valence-electron chi connectivity index (χ2n) is 8.02. The zero-order valence-electron chi connectivity index (χ0n) is 16.6. The van der Waals surface area contributed by atoms with Crippen molar-refractivity contribution in [3.05, 3.63) is 35.6 Å². The molecule has 2 heterocycles. The average molecular weight is 381 g/mol. The standard InChI is InChI=1S/C11H14FNO.C9H18N2O2/c12-10-3-1-9(2-4-10)7-13-6-5-11(14)8-13;1-9(2,3)13-8(12)11-6-4-10-5-7-11/h1-4,11,14H,5-8H2;10H,4-7H2,1-3H3. The molecule has 2 aliphatic rings. The Morgan fingerprint density at radius 2 is 1.85 bits per heavy atom. The predicted molar refractivity (Wildman–Crippen MR) is 103 cm³/mol. The number of ether oxygens (including phenoxy) is 1. The normalized spacial score (nSPS) is 20.8. The van der Waals surface area contributed by atoms with E-state index >= 15 is 0 Å². The smallest absolute Gasteiger partial charge is 0.410 e. The van der Waals surface area contributed by atoms with Gasteiger partial charge in [-0.3, -0.25) is 4.90 Å². The molecule has 0 saturated carbocycles. The number of benzene rings is 1. The van der Waals surface area contributed by atoms with E-state index in [2.05, 4.69) is 10.2 Å². The van der Waals surface area contributed by atoms with Gasteiger partial charge in [0.25, 0.3) is 0 Å². The van der Waals surface area contributed by atoms with Gasteiger partial charge in [-0.05, 0) is 44.9 Å². The molecule has 27 heavy (non-hydrogen) atoms. The predicted octanol–water partition coefficient (Wildman–Crippen LogP) is 2.22. The number of nitrogens with zero attached hydrogens (tertiary/aromatic N) is 2. The van der Waals surface area contributed by atoms with Crippen molar-refractivity contribution in [3.8, 4) is 0 Å². The molecule has 1 amide bonds. The van der Waals surface area contributed by atoms with Crippen LogP contribution in [0, 0.1) is 5.82 Å². The van der Waals surface area contributed by atoms with Gasteiger partial charge in [-0.2, -0.15) is 0 Å². The molecule has 2 saturated heterocycles. The lowest BCUT2D eigenvalue weighted by atomic mass is 10.2. The van der Waals surface area contributed by atoms with Crippen LogP contribution in [0.1, 0.15) is 32.8 Å². The Labute approximate surface area is 161 Å². The first-order valence-electron chi connectivity index (χ1n) is 9.56. The summed E-state index contributed by atoms with van der Waals surface area (Å²) in [5, 5.41) is 12.5. The van der Waals surface area contributed by atoms with Crippen molar-refractivity contribution in [1.29, 1.82) is 0 Å². The number of halogens is 1. The van der Waals surface area contributed by atoms with Crippen molar-refractivity contribution in [3.63, 3.8) is 0 Å². The first-order chi connectivity index (χ1) is 12.7. The van der Waals surface area contributed by atoms with Crippen molar-refractivity contribution >= 4 is 6.09 Å². The molecule has 1 aromatic rings. The van der Waals surface area contributed by atoms with E-state index in [0.717, 1.165) is 57.8 Å². The molecule has 3 rings (SSSR count). The molecule has 2 fully saturated rings. The molecular formula is C20H32FN3O3. The minimum absolute atomic E-state index is 0.185. The van der Waals surface area contributed by atoms with E-state index in [1.165, 1.54) is 12.1 Å². The highest BCUT2D eigenvalue weighted by Gasteiger charge is 2.23. The number of hydrogen-bond donors (Lipinski definition) is 2. The number of carbonyl (C=O) groups is 1. The lowest BCUT2D eigenvalue weighted by molar-refractivity contribution is 0.0229. The lowest BCUT2D eigenvalue weighted by Gasteiger charge is -2.30. The second kappa shape index (κ2) is 10.0. The zero-order valence-corrected chi connectivity index (χ0v) is 16.6. The average Bonchev–Trinajstić information content (AvgIpc) is 3.02. The van der Waals surface area contributed by atoms with E-state index in [0.29, 0.717) is 0 Å². The SMILES string of the molecule is CC(C)(C)OC(=O)N1CCNCC1.OC1CCN(Cc2ccc(F)cc2)C1. The van der Waals surface area contributed by atoms with E-state index < -0.39 is 0 Å². The summed E-state index contributed by atoms with van der Waals surface area (Å²) in [5.41, 5.74) is 0.711. The molecule has 1 atom stereocenters. The fourth-order valence-electron chi connectivity index (χ4n) is 2.98. The van der Waals surface area contributed by atoms with Gasteiger partial charge in [-0.25, -0.2) is 9.18 Å². The van der Waals surface area contributed by atoms with Crippen LogP contribution in [-0.4, -0.2) is 72.0 Å². The highest BCUT2D eigenvalue weighted by atomic mass is 19.1. The van der Waals surface area contributed by atoms with Crippen LogP contribution in [0.3, 0.4) is 0 Å². The summed E-state index contributed by atoms with van der Waals surface area (Å²) in [6.07, 6.45) is 0.464. The van der Waals surface area contributed by atoms with Crippen molar-refractivity contribution in [2.24, 2.45) is 0 Å². The topological polar surface area (TPSA) is 65.0 Å². The molecule has 1 unspecified atom stereocenters. The van der Waals surface area contributed by atoms with Crippen LogP contribution in [0.25, 0.3) is 0 Å². The van der Waals surface area contributed by atoms with Crippen LogP contribution >= 0.6 is 0 Å². The van der Waals surface area contributed by atoms with Crippen LogP contribution in [0.4, 0.5) is 9.18 Å². The highest BCUT2D eigenvalue weighted by Crippen LogP contribution is 2.13. The van der Waals surface area contributed by atoms with E-state index in [-0.39, 0.29) is 23.6 Å². The highest BCUT2D eigenvalue weighted by molar-refractivity contribution is 5.68. The van der Waals surface area contributed by atoms with Crippen molar-refractivity contribution in [2.45, 2.75) is 45.4 Å². The minimum Gasteiger partial charge on any atom is -0.444 e. The van der Waals surface area contributed by atoms with E-state index in [9.17, 15) is 14.3 Å². The van der Waals surface area contributed by atoms with Crippen molar-refractivity contribution in [2.75, 3.05) is 39.3 Å². The monoisotopic (exact) mass is 381 g/mol. The fourth-order valence-corrected chi connectivity index (χ4v) is 2.98. The Balaban J connectivity index is 0.000000194. The number of β-amino-alcohol motifs (C(OH)–C–C–N with tert-alkyl or cyclic N) is 1. The molecule has 0 aromatic heterocycles. The number of aliphatic hydroxyl groups excluding tert-OH is 1. The maximum absolute atomic E-state index is 12.6. The van der Waals surface area contributed by atoms with Gasteiger partial charge in [0.1, 0.15) is 11.4 Å². The van der Waals surface area contributed by atoms with Gasteiger partial charge in [0, 0.05) is 45.8 Å². The lowest BCUT2D eigenvalue weighted by Crippen LogP contribution is -2.48. The molecule has 0 bridgehead atoms. The number of amides is 1. The molecule has 152 valence electrons. The van der Waals surface area contributed by atoms with Gasteiger partial charge in [0.15, 0.2) is 0 Å². The first kappa shape index (κ1) is 21.6. The number of piperazine rings is 1. The molecule has 2 aliphatic heterocycles. The number of aliphatic hydroxyl groups is 1. The summed E-state index contributed by atoms with van der Waals surface area (Å²) < 4.78 is 17.8. The number of carbonyl (C=O) groups excluding carboxylic acids is 1. The van der Waals surface area contributed by atoms with Crippen LogP contribution < -0.4 is 5.32 Å². The molecule has 7 heteroatoms. The summed E-state index contributed by atoms with van der Waals surface area (Å²) in [6.45, 7) is 11.3. The summed E-state index contributed by atoms with van der Waals surface area (Å²) in [5.74, 6) is -0.199. The summed E-state index contributed by atoms with van der Waals surface area (Å²) in [4.78, 5) is 15.4. The van der Waals surface area contributed by atoms with Gasteiger partial charge in [-0.15, -0.1) is 0 Å². The summed E-state index contributed by atoms with van der Waals surface area (Å²) in [7, 11) is 0. The van der Waals surface area contributed by atoms with Crippen LogP contribution in [0.5, 0.6) is 0 Å². The van der Waals surface area contributed by atoms with Crippen LogP contribution in [0.15, 0.2) is 24.3 Å². The molecule has 0 aliphatic carbocycles. The van der Waals surface area contributed by atoms with Gasteiger partial charge in [0.05, 0.1) is 6.10 Å².